The van der Waals surface area contributed by atoms with Crippen LogP contribution in [0.3, 0.4) is 0 Å². The van der Waals surface area contributed by atoms with E-state index in [2.05, 4.69) is 6.07 Å². The molecule has 2 heteroatoms. The third kappa shape index (κ3) is 1.55. The number of fused-ring (bicyclic) bond motifs is 2. The van der Waals surface area contributed by atoms with E-state index in [0.29, 0.717) is 11.1 Å². The summed E-state index contributed by atoms with van der Waals surface area (Å²) >= 11 is 0. The van der Waals surface area contributed by atoms with Crippen molar-refractivity contribution < 1.29 is 9.59 Å². The fourth-order valence-corrected chi connectivity index (χ4v) is 3.80. The number of hydrogen-bond acceptors (Lipinski definition) is 2. The first-order valence-corrected chi connectivity index (χ1v) is 7.89. The molecule has 1 aliphatic carbocycles. The van der Waals surface area contributed by atoms with Crippen molar-refractivity contribution >= 4 is 33.1 Å². The molecule has 0 saturated carbocycles. The normalized spacial score (nSPS) is 13.2. The van der Waals surface area contributed by atoms with Gasteiger partial charge >= 0.3 is 0 Å². The van der Waals surface area contributed by atoms with Gasteiger partial charge in [-0.1, -0.05) is 72.8 Å². The van der Waals surface area contributed by atoms with E-state index in [1.54, 1.807) is 6.07 Å². The van der Waals surface area contributed by atoms with E-state index in [0.717, 1.165) is 32.7 Å². The Balaban J connectivity index is 2.11. The molecule has 0 atom stereocenters. The van der Waals surface area contributed by atoms with Crippen molar-refractivity contribution in [1.29, 1.82) is 0 Å². The van der Waals surface area contributed by atoms with Gasteiger partial charge < -0.3 is 0 Å². The minimum absolute atomic E-state index is 0.397. The molecule has 4 aromatic rings. The van der Waals surface area contributed by atoms with Gasteiger partial charge in [-0.05, 0) is 21.7 Å². The van der Waals surface area contributed by atoms with Crippen molar-refractivity contribution in [2.24, 2.45) is 0 Å². The first-order chi connectivity index (χ1) is 11.8. The number of carbonyl (C=O) groups excluding carboxylic acids is 2. The summed E-state index contributed by atoms with van der Waals surface area (Å²) in [6.07, 6.45) is 0. The molecule has 24 heavy (non-hydrogen) atoms. The SMILES string of the molecule is O=C1C(=O)c2c(-c3ccccc3)c3ccccc3c3cccc1c23. The van der Waals surface area contributed by atoms with Gasteiger partial charge in [0.2, 0.25) is 11.6 Å². The van der Waals surface area contributed by atoms with Gasteiger partial charge in [0.05, 0.1) is 0 Å². The maximum absolute atomic E-state index is 12.8. The molecule has 0 amide bonds. The Hall–Kier alpha value is -3.26. The van der Waals surface area contributed by atoms with Crippen molar-refractivity contribution in [1.82, 2.24) is 0 Å². The van der Waals surface area contributed by atoms with Crippen LogP contribution in [0.4, 0.5) is 0 Å². The zero-order chi connectivity index (χ0) is 16.3. The molecule has 2 nitrogen and oxygen atoms in total. The minimum atomic E-state index is -0.400. The molecule has 0 N–H and O–H groups in total. The zero-order valence-electron chi connectivity index (χ0n) is 12.7. The highest BCUT2D eigenvalue weighted by molar-refractivity contribution is 6.59. The first kappa shape index (κ1) is 13.2. The lowest BCUT2D eigenvalue weighted by atomic mass is 9.88. The zero-order valence-corrected chi connectivity index (χ0v) is 12.7. The van der Waals surface area contributed by atoms with Crippen LogP contribution in [-0.2, 0) is 0 Å². The average molecular weight is 308 g/mol. The fourth-order valence-electron chi connectivity index (χ4n) is 3.80. The highest BCUT2D eigenvalue weighted by atomic mass is 16.2. The van der Waals surface area contributed by atoms with Crippen molar-refractivity contribution in [2.75, 3.05) is 0 Å². The summed E-state index contributed by atoms with van der Waals surface area (Å²) in [7, 11) is 0. The van der Waals surface area contributed by atoms with Gasteiger partial charge in [0.15, 0.2) is 0 Å². The monoisotopic (exact) mass is 308 g/mol. The van der Waals surface area contributed by atoms with Crippen LogP contribution in [-0.4, -0.2) is 11.6 Å². The Labute approximate surface area is 138 Å². The quantitative estimate of drug-likeness (QED) is 0.365. The molecule has 0 bridgehead atoms. The lowest BCUT2D eigenvalue weighted by molar-refractivity contribution is 0.0825. The Morgan fingerprint density at radius 2 is 1.17 bits per heavy atom. The third-order valence-corrected chi connectivity index (χ3v) is 4.79. The van der Waals surface area contributed by atoms with E-state index in [1.165, 1.54) is 0 Å². The molecule has 4 aromatic carbocycles. The molecule has 0 aliphatic heterocycles. The minimum Gasteiger partial charge on any atom is -0.285 e. The van der Waals surface area contributed by atoms with Gasteiger partial charge in [0.25, 0.3) is 0 Å². The van der Waals surface area contributed by atoms with E-state index in [1.807, 2.05) is 60.7 Å². The van der Waals surface area contributed by atoms with Crippen molar-refractivity contribution in [2.45, 2.75) is 0 Å². The van der Waals surface area contributed by atoms with Crippen LogP contribution in [0, 0.1) is 0 Å². The Kier molecular flexibility index (Phi) is 2.54. The van der Waals surface area contributed by atoms with E-state index in [9.17, 15) is 9.59 Å². The molecular formula is C22H12O2. The van der Waals surface area contributed by atoms with E-state index in [4.69, 9.17) is 0 Å². The molecule has 0 aromatic heterocycles. The summed E-state index contributed by atoms with van der Waals surface area (Å²) in [6.45, 7) is 0. The molecule has 0 fully saturated rings. The van der Waals surface area contributed by atoms with Gasteiger partial charge in [-0.25, -0.2) is 0 Å². The second-order valence-electron chi connectivity index (χ2n) is 6.05. The summed E-state index contributed by atoms with van der Waals surface area (Å²) in [6, 6.07) is 23.5. The number of benzene rings is 4. The number of ketones is 2. The van der Waals surface area contributed by atoms with Crippen LogP contribution >= 0.6 is 0 Å². The van der Waals surface area contributed by atoms with E-state index >= 15 is 0 Å². The standard InChI is InChI=1S/C22H12O2/c23-21-17-12-6-11-16-14-9-4-5-10-15(14)18(13-7-2-1-3-8-13)20(19(16)17)22(21)24/h1-12H. The number of Topliss-reactive ketones (excluding diaryl/α,β-unsaturated/α-hetero) is 2. The third-order valence-electron chi connectivity index (χ3n) is 4.79. The van der Waals surface area contributed by atoms with Gasteiger partial charge in [-0.15, -0.1) is 0 Å². The fraction of sp³-hybridized carbons (Fsp3) is 0. The summed E-state index contributed by atoms with van der Waals surface area (Å²) in [5.41, 5.74) is 2.90. The molecule has 0 unspecified atom stereocenters. The summed E-state index contributed by atoms with van der Waals surface area (Å²) in [5, 5.41) is 3.84. The van der Waals surface area contributed by atoms with Crippen LogP contribution < -0.4 is 0 Å². The molecule has 1 aliphatic rings. The average Bonchev–Trinajstić information content (AvgIpc) is 2.90. The van der Waals surface area contributed by atoms with Crippen molar-refractivity contribution in [3.05, 3.63) is 83.9 Å². The van der Waals surface area contributed by atoms with E-state index in [-0.39, 0.29) is 0 Å². The maximum Gasteiger partial charge on any atom is 0.234 e. The molecule has 112 valence electrons. The molecule has 0 spiro atoms. The van der Waals surface area contributed by atoms with Crippen LogP contribution in [0.2, 0.25) is 0 Å². The summed E-state index contributed by atoms with van der Waals surface area (Å²) in [4.78, 5) is 25.3. The van der Waals surface area contributed by atoms with Crippen LogP contribution in [0.5, 0.6) is 0 Å². The molecule has 5 rings (SSSR count). The predicted molar refractivity (Wildman–Crippen MR) is 95.6 cm³/mol. The Morgan fingerprint density at radius 1 is 0.500 bits per heavy atom. The second-order valence-corrected chi connectivity index (χ2v) is 6.05. The number of carbonyl (C=O) groups is 2. The Morgan fingerprint density at radius 3 is 1.96 bits per heavy atom. The van der Waals surface area contributed by atoms with Crippen LogP contribution in [0.15, 0.2) is 72.8 Å². The van der Waals surface area contributed by atoms with Gasteiger partial charge in [-0.2, -0.15) is 0 Å². The first-order valence-electron chi connectivity index (χ1n) is 7.89. The smallest absolute Gasteiger partial charge is 0.234 e. The highest BCUT2D eigenvalue weighted by Crippen LogP contribution is 2.43. The molecule has 0 heterocycles. The lowest BCUT2D eigenvalue weighted by Gasteiger charge is -2.13. The number of hydrogen-bond donors (Lipinski definition) is 0. The Bertz CT molecular complexity index is 1170. The number of rotatable bonds is 1. The lowest BCUT2D eigenvalue weighted by Crippen LogP contribution is -2.07. The molecule has 0 saturated heterocycles. The molecular weight excluding hydrogens is 296 g/mol. The maximum atomic E-state index is 12.8. The van der Waals surface area contributed by atoms with Crippen LogP contribution in [0.25, 0.3) is 32.7 Å². The summed E-state index contributed by atoms with van der Waals surface area (Å²) < 4.78 is 0. The van der Waals surface area contributed by atoms with E-state index < -0.39 is 11.6 Å². The topological polar surface area (TPSA) is 34.1 Å². The van der Waals surface area contributed by atoms with Gasteiger partial charge in [-0.3, -0.25) is 9.59 Å². The summed E-state index contributed by atoms with van der Waals surface area (Å²) in [5.74, 6) is -0.797. The van der Waals surface area contributed by atoms with Gasteiger partial charge in [0.1, 0.15) is 0 Å². The van der Waals surface area contributed by atoms with Gasteiger partial charge in [0, 0.05) is 22.1 Å². The van der Waals surface area contributed by atoms with Crippen molar-refractivity contribution in [3.8, 4) is 11.1 Å². The van der Waals surface area contributed by atoms with Crippen LogP contribution in [0.1, 0.15) is 20.7 Å². The highest BCUT2D eigenvalue weighted by Gasteiger charge is 2.34. The predicted octanol–water partition coefficient (Wildman–Crippen LogP) is 5.04. The second kappa shape index (κ2) is 4.62. The molecule has 0 radical (unpaired) electrons. The van der Waals surface area contributed by atoms with Crippen molar-refractivity contribution in [3.63, 3.8) is 0 Å². The largest absolute Gasteiger partial charge is 0.285 e.